The van der Waals surface area contributed by atoms with E-state index in [0.717, 1.165) is 5.56 Å². The highest BCUT2D eigenvalue weighted by Gasteiger charge is 2.10. The summed E-state index contributed by atoms with van der Waals surface area (Å²) in [5.41, 5.74) is 1.78. The normalized spacial score (nSPS) is 10.1. The van der Waals surface area contributed by atoms with Crippen molar-refractivity contribution in [1.82, 2.24) is 4.90 Å². The highest BCUT2D eigenvalue weighted by molar-refractivity contribution is 5.94. The van der Waals surface area contributed by atoms with Gasteiger partial charge >= 0.3 is 0 Å². The summed E-state index contributed by atoms with van der Waals surface area (Å²) in [6, 6.07) is 7.52. The molecule has 3 nitrogen and oxygen atoms in total. The maximum atomic E-state index is 11.8. The first-order chi connectivity index (χ1) is 7.15. The van der Waals surface area contributed by atoms with Crippen molar-refractivity contribution in [2.75, 3.05) is 20.2 Å². The molecule has 0 aliphatic carbocycles. The molecular weight excluding hydrogens is 190 g/mol. The van der Waals surface area contributed by atoms with E-state index in [1.165, 1.54) is 0 Å². The van der Waals surface area contributed by atoms with Crippen LogP contribution in [0.4, 0.5) is 0 Å². The van der Waals surface area contributed by atoms with Gasteiger partial charge in [0.2, 0.25) is 0 Å². The van der Waals surface area contributed by atoms with Crippen LogP contribution in [0.5, 0.6) is 0 Å². The van der Waals surface area contributed by atoms with Gasteiger partial charge < -0.3 is 10.0 Å². The largest absolute Gasteiger partial charge is 0.396 e. The van der Waals surface area contributed by atoms with E-state index in [0.29, 0.717) is 18.5 Å². The molecule has 82 valence electrons. The summed E-state index contributed by atoms with van der Waals surface area (Å²) in [6.45, 7) is 2.67. The first-order valence-electron chi connectivity index (χ1n) is 5.08. The summed E-state index contributed by atoms with van der Waals surface area (Å²) in [4.78, 5) is 13.5. The van der Waals surface area contributed by atoms with Crippen molar-refractivity contribution < 1.29 is 9.90 Å². The molecule has 15 heavy (non-hydrogen) atoms. The third kappa shape index (κ3) is 3.36. The Hall–Kier alpha value is -1.35. The lowest BCUT2D eigenvalue weighted by molar-refractivity contribution is 0.0786. The van der Waals surface area contributed by atoms with Gasteiger partial charge in [-0.2, -0.15) is 0 Å². The predicted molar refractivity (Wildman–Crippen MR) is 59.8 cm³/mol. The van der Waals surface area contributed by atoms with Crippen molar-refractivity contribution in [1.29, 1.82) is 0 Å². The third-order valence-electron chi connectivity index (χ3n) is 2.26. The van der Waals surface area contributed by atoms with Gasteiger partial charge in [-0.1, -0.05) is 17.7 Å². The standard InChI is InChI=1S/C12H17NO2/c1-10-5-3-6-11(9-10)12(15)13(2)7-4-8-14/h3,5-6,9,14H,4,7-8H2,1-2H3. The van der Waals surface area contributed by atoms with Gasteiger partial charge in [0, 0.05) is 25.8 Å². The van der Waals surface area contributed by atoms with E-state index in [4.69, 9.17) is 5.11 Å². The quantitative estimate of drug-likeness (QED) is 0.811. The van der Waals surface area contributed by atoms with E-state index < -0.39 is 0 Å². The Morgan fingerprint density at radius 3 is 2.80 bits per heavy atom. The van der Waals surface area contributed by atoms with Crippen LogP contribution < -0.4 is 0 Å². The molecule has 0 heterocycles. The number of aliphatic hydroxyl groups excluding tert-OH is 1. The molecule has 0 aliphatic rings. The Morgan fingerprint density at radius 1 is 1.47 bits per heavy atom. The average Bonchev–Trinajstić information content (AvgIpc) is 2.24. The van der Waals surface area contributed by atoms with Gasteiger partial charge in [-0.05, 0) is 25.5 Å². The predicted octanol–water partition coefficient (Wildman–Crippen LogP) is 1.45. The highest BCUT2D eigenvalue weighted by atomic mass is 16.3. The monoisotopic (exact) mass is 207 g/mol. The van der Waals surface area contributed by atoms with E-state index in [9.17, 15) is 4.79 Å². The number of rotatable bonds is 4. The molecule has 0 saturated heterocycles. The van der Waals surface area contributed by atoms with Gasteiger partial charge in [0.15, 0.2) is 0 Å². The number of hydrogen-bond acceptors (Lipinski definition) is 2. The second kappa shape index (κ2) is 5.51. The fraction of sp³-hybridized carbons (Fsp3) is 0.417. The number of benzene rings is 1. The molecule has 0 unspecified atom stereocenters. The molecule has 3 heteroatoms. The molecule has 0 fully saturated rings. The van der Waals surface area contributed by atoms with E-state index in [2.05, 4.69) is 0 Å². The van der Waals surface area contributed by atoms with Crippen LogP contribution >= 0.6 is 0 Å². The minimum atomic E-state index is 0.00662. The smallest absolute Gasteiger partial charge is 0.253 e. The molecule has 1 N–H and O–H groups in total. The maximum absolute atomic E-state index is 11.8. The Labute approximate surface area is 90.3 Å². The zero-order valence-electron chi connectivity index (χ0n) is 9.23. The molecule has 0 radical (unpaired) electrons. The van der Waals surface area contributed by atoms with Crippen molar-refractivity contribution >= 4 is 5.91 Å². The minimum absolute atomic E-state index is 0.00662. The van der Waals surface area contributed by atoms with E-state index in [-0.39, 0.29) is 12.5 Å². The zero-order chi connectivity index (χ0) is 11.3. The molecule has 0 aliphatic heterocycles. The number of aryl methyl sites for hydroxylation is 1. The number of nitrogens with zero attached hydrogens (tertiary/aromatic N) is 1. The van der Waals surface area contributed by atoms with Crippen LogP contribution in [0.2, 0.25) is 0 Å². The molecule has 0 bridgehead atoms. The van der Waals surface area contributed by atoms with E-state index in [1.807, 2.05) is 31.2 Å². The summed E-state index contributed by atoms with van der Waals surface area (Å²) < 4.78 is 0. The number of hydrogen-bond donors (Lipinski definition) is 1. The molecule has 1 rings (SSSR count). The number of amides is 1. The molecule has 1 aromatic rings. The Balaban J connectivity index is 2.67. The number of carbonyl (C=O) groups is 1. The Morgan fingerprint density at radius 2 is 2.20 bits per heavy atom. The van der Waals surface area contributed by atoms with Crippen LogP contribution in [0, 0.1) is 6.92 Å². The van der Waals surface area contributed by atoms with Crippen molar-refractivity contribution in [2.45, 2.75) is 13.3 Å². The van der Waals surface area contributed by atoms with Gasteiger partial charge in [0.05, 0.1) is 0 Å². The Bertz CT molecular complexity index is 336. The van der Waals surface area contributed by atoms with Gasteiger partial charge in [0.25, 0.3) is 5.91 Å². The van der Waals surface area contributed by atoms with Crippen molar-refractivity contribution in [3.63, 3.8) is 0 Å². The first-order valence-corrected chi connectivity index (χ1v) is 5.08. The van der Waals surface area contributed by atoms with Crippen molar-refractivity contribution in [2.24, 2.45) is 0 Å². The van der Waals surface area contributed by atoms with Crippen molar-refractivity contribution in [3.8, 4) is 0 Å². The minimum Gasteiger partial charge on any atom is -0.396 e. The van der Waals surface area contributed by atoms with Crippen LogP contribution in [0.25, 0.3) is 0 Å². The van der Waals surface area contributed by atoms with Crippen LogP contribution in [-0.4, -0.2) is 36.1 Å². The fourth-order valence-electron chi connectivity index (χ4n) is 1.41. The van der Waals surface area contributed by atoms with Crippen LogP contribution in [0.1, 0.15) is 22.3 Å². The number of aliphatic hydroxyl groups is 1. The first kappa shape index (κ1) is 11.7. The topological polar surface area (TPSA) is 40.5 Å². The highest BCUT2D eigenvalue weighted by Crippen LogP contribution is 2.06. The lowest BCUT2D eigenvalue weighted by Crippen LogP contribution is -2.28. The Kier molecular flexibility index (Phi) is 4.31. The molecule has 0 atom stereocenters. The zero-order valence-corrected chi connectivity index (χ0v) is 9.23. The summed E-state index contributed by atoms with van der Waals surface area (Å²) in [5.74, 6) is 0.00662. The second-order valence-electron chi connectivity index (χ2n) is 3.67. The summed E-state index contributed by atoms with van der Waals surface area (Å²) in [6.07, 6.45) is 0.619. The summed E-state index contributed by atoms with van der Waals surface area (Å²) in [5, 5.41) is 8.67. The van der Waals surface area contributed by atoms with Crippen LogP contribution in [-0.2, 0) is 0 Å². The maximum Gasteiger partial charge on any atom is 0.253 e. The molecular formula is C12H17NO2. The van der Waals surface area contributed by atoms with Gasteiger partial charge in [0.1, 0.15) is 0 Å². The average molecular weight is 207 g/mol. The lowest BCUT2D eigenvalue weighted by atomic mass is 10.1. The summed E-state index contributed by atoms with van der Waals surface area (Å²) in [7, 11) is 1.75. The summed E-state index contributed by atoms with van der Waals surface area (Å²) >= 11 is 0. The molecule has 0 spiro atoms. The molecule has 0 saturated carbocycles. The third-order valence-corrected chi connectivity index (χ3v) is 2.26. The SMILES string of the molecule is Cc1cccc(C(=O)N(C)CCCO)c1. The van der Waals surface area contributed by atoms with Gasteiger partial charge in [-0.3, -0.25) is 4.79 Å². The number of carbonyl (C=O) groups excluding carboxylic acids is 1. The fourth-order valence-corrected chi connectivity index (χ4v) is 1.41. The van der Waals surface area contributed by atoms with Crippen LogP contribution in [0.3, 0.4) is 0 Å². The van der Waals surface area contributed by atoms with Gasteiger partial charge in [-0.25, -0.2) is 0 Å². The molecule has 1 amide bonds. The molecule has 1 aromatic carbocycles. The molecule has 0 aromatic heterocycles. The second-order valence-corrected chi connectivity index (χ2v) is 3.67. The van der Waals surface area contributed by atoms with E-state index >= 15 is 0 Å². The van der Waals surface area contributed by atoms with Crippen molar-refractivity contribution in [3.05, 3.63) is 35.4 Å². The van der Waals surface area contributed by atoms with Crippen LogP contribution in [0.15, 0.2) is 24.3 Å². The lowest BCUT2D eigenvalue weighted by Gasteiger charge is -2.16. The van der Waals surface area contributed by atoms with Gasteiger partial charge in [-0.15, -0.1) is 0 Å². The van der Waals surface area contributed by atoms with E-state index in [1.54, 1.807) is 11.9 Å².